The first-order valence-corrected chi connectivity index (χ1v) is 11.8. The van der Waals surface area contributed by atoms with Gasteiger partial charge in [0.05, 0.1) is 17.7 Å². The summed E-state index contributed by atoms with van der Waals surface area (Å²) in [6.45, 7) is 4.28. The van der Waals surface area contributed by atoms with Crippen molar-refractivity contribution in [3.05, 3.63) is 41.4 Å². The number of rotatable bonds is 8. The third-order valence-electron chi connectivity index (χ3n) is 5.18. The number of hydrogen-bond acceptors (Lipinski definition) is 6. The van der Waals surface area contributed by atoms with Crippen molar-refractivity contribution < 1.29 is 22.4 Å². The summed E-state index contributed by atoms with van der Waals surface area (Å²) >= 11 is 0. The van der Waals surface area contributed by atoms with Crippen LogP contribution in [0, 0.1) is 13.8 Å². The summed E-state index contributed by atoms with van der Waals surface area (Å²) in [4.78, 5) is 28.1. The van der Waals surface area contributed by atoms with E-state index in [0.29, 0.717) is 24.5 Å². The van der Waals surface area contributed by atoms with Gasteiger partial charge in [0.25, 0.3) is 0 Å². The molecule has 2 heterocycles. The highest BCUT2D eigenvalue weighted by Crippen LogP contribution is 2.23. The lowest BCUT2D eigenvalue weighted by Gasteiger charge is -2.11. The van der Waals surface area contributed by atoms with E-state index < -0.39 is 9.84 Å². The number of sulfone groups is 1. The van der Waals surface area contributed by atoms with E-state index in [9.17, 15) is 18.0 Å². The zero-order valence-electron chi connectivity index (χ0n) is 17.2. The van der Waals surface area contributed by atoms with Gasteiger partial charge in [0, 0.05) is 37.4 Å². The van der Waals surface area contributed by atoms with Crippen LogP contribution >= 0.6 is 0 Å². The monoisotopic (exact) mass is 433 g/mol. The third-order valence-corrected chi connectivity index (χ3v) is 6.95. The van der Waals surface area contributed by atoms with Crippen LogP contribution in [0.15, 0.2) is 28.8 Å². The van der Waals surface area contributed by atoms with Gasteiger partial charge in [0.2, 0.25) is 11.8 Å². The smallest absolute Gasteiger partial charge is 0.222 e. The highest BCUT2D eigenvalue weighted by atomic mass is 32.2. The van der Waals surface area contributed by atoms with Gasteiger partial charge in [0.15, 0.2) is 21.5 Å². The SMILES string of the molecule is Cc1ccc(-c2cnc(CCC(=O)NCCC(=O)N[C@@H]3CCS(=O)(=O)C3)o2)cc1C. The number of aryl methyl sites for hydroxylation is 3. The predicted octanol–water partition coefficient (Wildman–Crippen LogP) is 1.70. The zero-order chi connectivity index (χ0) is 21.7. The van der Waals surface area contributed by atoms with Crippen molar-refractivity contribution in [3.63, 3.8) is 0 Å². The molecule has 1 aliphatic rings. The first-order chi connectivity index (χ1) is 14.2. The minimum absolute atomic E-state index is 0.00854. The molecule has 2 aromatic rings. The van der Waals surface area contributed by atoms with Crippen LogP contribution in [0.25, 0.3) is 11.3 Å². The molecule has 1 atom stereocenters. The van der Waals surface area contributed by atoms with Gasteiger partial charge in [-0.1, -0.05) is 12.1 Å². The van der Waals surface area contributed by atoms with Crippen molar-refractivity contribution in [2.45, 2.75) is 45.6 Å². The summed E-state index contributed by atoms with van der Waals surface area (Å²) < 4.78 is 28.6. The normalized spacial score (nSPS) is 17.6. The second-order valence-electron chi connectivity index (χ2n) is 7.68. The molecule has 0 aliphatic carbocycles. The molecular formula is C21H27N3O5S. The Morgan fingerprint density at radius 1 is 1.17 bits per heavy atom. The number of hydrogen-bond donors (Lipinski definition) is 2. The molecule has 2 amide bonds. The minimum Gasteiger partial charge on any atom is -0.441 e. The largest absolute Gasteiger partial charge is 0.441 e. The summed E-state index contributed by atoms with van der Waals surface area (Å²) in [7, 11) is -3.03. The van der Waals surface area contributed by atoms with E-state index >= 15 is 0 Å². The van der Waals surface area contributed by atoms with Gasteiger partial charge in [-0.3, -0.25) is 9.59 Å². The Bertz CT molecular complexity index is 1030. The number of aromatic nitrogens is 1. The molecule has 1 aromatic heterocycles. The van der Waals surface area contributed by atoms with Gasteiger partial charge in [0.1, 0.15) is 0 Å². The van der Waals surface area contributed by atoms with E-state index in [1.165, 1.54) is 11.1 Å². The molecular weight excluding hydrogens is 406 g/mol. The highest BCUT2D eigenvalue weighted by Gasteiger charge is 2.28. The number of oxazole rings is 1. The highest BCUT2D eigenvalue weighted by molar-refractivity contribution is 7.91. The van der Waals surface area contributed by atoms with E-state index in [1.54, 1.807) is 6.20 Å². The summed E-state index contributed by atoms with van der Waals surface area (Å²) in [5, 5.41) is 5.39. The van der Waals surface area contributed by atoms with Gasteiger partial charge in [-0.15, -0.1) is 0 Å². The molecule has 30 heavy (non-hydrogen) atoms. The Kier molecular flexibility index (Phi) is 6.91. The van der Waals surface area contributed by atoms with Crippen LogP contribution in [0.2, 0.25) is 0 Å². The fourth-order valence-electron chi connectivity index (χ4n) is 3.29. The first kappa shape index (κ1) is 22.0. The number of carbonyl (C=O) groups excluding carboxylic acids is 2. The third kappa shape index (κ3) is 6.16. The van der Waals surface area contributed by atoms with E-state index in [2.05, 4.69) is 15.6 Å². The number of carbonyl (C=O) groups is 2. The summed E-state index contributed by atoms with van der Waals surface area (Å²) in [5.74, 6) is 0.796. The first-order valence-electron chi connectivity index (χ1n) is 10.0. The van der Waals surface area contributed by atoms with Crippen LogP contribution in [0.5, 0.6) is 0 Å². The number of benzene rings is 1. The van der Waals surface area contributed by atoms with E-state index in [4.69, 9.17) is 4.42 Å². The fourth-order valence-corrected chi connectivity index (χ4v) is 4.96. The van der Waals surface area contributed by atoms with Gasteiger partial charge >= 0.3 is 0 Å². The van der Waals surface area contributed by atoms with Gasteiger partial charge in [-0.25, -0.2) is 13.4 Å². The van der Waals surface area contributed by atoms with E-state index in [1.807, 2.05) is 32.0 Å². The van der Waals surface area contributed by atoms with Crippen LogP contribution in [0.4, 0.5) is 0 Å². The lowest BCUT2D eigenvalue weighted by molar-refractivity contribution is -0.122. The second kappa shape index (κ2) is 9.42. The fraction of sp³-hybridized carbons (Fsp3) is 0.476. The Morgan fingerprint density at radius 3 is 2.67 bits per heavy atom. The van der Waals surface area contributed by atoms with E-state index in [0.717, 1.165) is 5.56 Å². The second-order valence-corrected chi connectivity index (χ2v) is 9.91. The average Bonchev–Trinajstić information content (AvgIpc) is 3.28. The van der Waals surface area contributed by atoms with Crippen molar-refractivity contribution in [1.82, 2.24) is 15.6 Å². The molecule has 1 aromatic carbocycles. The Labute approximate surface area is 176 Å². The summed E-state index contributed by atoms with van der Waals surface area (Å²) in [5.41, 5.74) is 3.32. The lowest BCUT2D eigenvalue weighted by atomic mass is 10.1. The number of nitrogens with zero attached hydrogens (tertiary/aromatic N) is 1. The van der Waals surface area contributed by atoms with Crippen LogP contribution in [-0.4, -0.2) is 49.3 Å². The van der Waals surface area contributed by atoms with Crippen LogP contribution in [0.1, 0.15) is 36.3 Å². The average molecular weight is 434 g/mol. The zero-order valence-corrected chi connectivity index (χ0v) is 18.0. The molecule has 0 saturated carbocycles. The molecule has 2 N–H and O–H groups in total. The van der Waals surface area contributed by atoms with Crippen molar-refractivity contribution in [2.75, 3.05) is 18.1 Å². The maximum absolute atomic E-state index is 12.0. The van der Waals surface area contributed by atoms with Gasteiger partial charge < -0.3 is 15.1 Å². The molecule has 8 nitrogen and oxygen atoms in total. The van der Waals surface area contributed by atoms with Crippen molar-refractivity contribution >= 4 is 21.7 Å². The van der Waals surface area contributed by atoms with Crippen molar-refractivity contribution in [2.24, 2.45) is 0 Å². The summed E-state index contributed by atoms with van der Waals surface area (Å²) in [6.07, 6.45) is 2.78. The molecule has 1 saturated heterocycles. The molecule has 0 spiro atoms. The van der Waals surface area contributed by atoms with Crippen LogP contribution in [0.3, 0.4) is 0 Å². The molecule has 1 fully saturated rings. The number of amides is 2. The summed E-state index contributed by atoms with van der Waals surface area (Å²) in [6, 6.07) is 5.72. The van der Waals surface area contributed by atoms with Gasteiger partial charge in [-0.2, -0.15) is 0 Å². The molecule has 0 unspecified atom stereocenters. The predicted molar refractivity (Wildman–Crippen MR) is 113 cm³/mol. The topological polar surface area (TPSA) is 118 Å². The van der Waals surface area contributed by atoms with Crippen LogP contribution in [-0.2, 0) is 25.8 Å². The Balaban J connectivity index is 1.37. The molecule has 1 aliphatic heterocycles. The standard InChI is InChI=1S/C21H27N3O5S/c1-14-3-4-16(11-15(14)2)18-12-23-21(29-18)6-5-19(25)22-9-7-20(26)24-17-8-10-30(27,28)13-17/h3-4,11-12,17H,5-10,13H2,1-2H3,(H,22,25)(H,24,26)/t17-/m1/s1. The molecule has 9 heteroatoms. The van der Waals surface area contributed by atoms with Crippen LogP contribution < -0.4 is 10.6 Å². The molecule has 3 rings (SSSR count). The molecule has 162 valence electrons. The maximum atomic E-state index is 12.0. The molecule has 0 bridgehead atoms. The van der Waals surface area contributed by atoms with Crippen molar-refractivity contribution in [1.29, 1.82) is 0 Å². The Hall–Kier alpha value is -2.68. The maximum Gasteiger partial charge on any atom is 0.222 e. The Morgan fingerprint density at radius 2 is 1.97 bits per heavy atom. The number of nitrogens with one attached hydrogen (secondary N) is 2. The van der Waals surface area contributed by atoms with Crippen molar-refractivity contribution in [3.8, 4) is 11.3 Å². The minimum atomic E-state index is -3.03. The van der Waals surface area contributed by atoms with E-state index in [-0.39, 0.29) is 48.7 Å². The quantitative estimate of drug-likeness (QED) is 0.654. The van der Waals surface area contributed by atoms with Gasteiger partial charge in [-0.05, 0) is 37.5 Å². The lowest BCUT2D eigenvalue weighted by Crippen LogP contribution is -2.37. The molecule has 0 radical (unpaired) electrons.